The van der Waals surface area contributed by atoms with Gasteiger partial charge in [0.1, 0.15) is 17.7 Å². The first-order chi connectivity index (χ1) is 8.22. The summed E-state index contributed by atoms with van der Waals surface area (Å²) in [5.41, 5.74) is 1.09. The summed E-state index contributed by atoms with van der Waals surface area (Å²) in [4.78, 5) is 17.2. The van der Waals surface area contributed by atoms with E-state index in [-0.39, 0.29) is 5.56 Å². The van der Waals surface area contributed by atoms with Crippen LogP contribution in [0.3, 0.4) is 0 Å². The molecule has 0 saturated heterocycles. The summed E-state index contributed by atoms with van der Waals surface area (Å²) in [6.45, 7) is 0. The Balaban J connectivity index is 2.22. The summed E-state index contributed by atoms with van der Waals surface area (Å²) < 4.78 is 13.3. The van der Waals surface area contributed by atoms with Crippen molar-refractivity contribution in [1.82, 2.24) is 9.97 Å². The number of H-pyrrole nitrogens is 1. The molecule has 0 radical (unpaired) electrons. The minimum Gasteiger partial charge on any atom is -0.340 e. The maximum Gasteiger partial charge on any atom is 0.167 e. The van der Waals surface area contributed by atoms with Crippen molar-refractivity contribution >= 4 is 6.29 Å². The maximum atomic E-state index is 13.3. The number of hydrogen-bond donors (Lipinski definition) is 1. The second-order valence-corrected chi connectivity index (χ2v) is 3.51. The van der Waals surface area contributed by atoms with Gasteiger partial charge >= 0.3 is 0 Å². The van der Waals surface area contributed by atoms with Crippen LogP contribution in [0.2, 0.25) is 0 Å². The second-order valence-electron chi connectivity index (χ2n) is 3.51. The number of nitriles is 1. The van der Waals surface area contributed by atoms with Crippen LogP contribution in [0.25, 0.3) is 0 Å². The zero-order valence-electron chi connectivity index (χ0n) is 8.77. The zero-order chi connectivity index (χ0) is 12.3. The quantitative estimate of drug-likeness (QED) is 0.816. The fourth-order valence-corrected chi connectivity index (χ4v) is 1.48. The second kappa shape index (κ2) is 4.58. The first-order valence-electron chi connectivity index (χ1n) is 4.90. The van der Waals surface area contributed by atoms with Crippen LogP contribution < -0.4 is 0 Å². The standard InChI is InChI=1S/C12H8FN3O/c13-11-3-8(1-2-9(11)5-14)4-12-15-6-10(7-17)16-12/h1-3,6-7H,4H2,(H,15,16). The molecule has 17 heavy (non-hydrogen) atoms. The Kier molecular flexibility index (Phi) is 2.97. The van der Waals surface area contributed by atoms with E-state index in [2.05, 4.69) is 9.97 Å². The number of imidazole rings is 1. The van der Waals surface area contributed by atoms with Crippen LogP contribution in [0.1, 0.15) is 27.4 Å². The lowest BCUT2D eigenvalue weighted by atomic mass is 10.1. The van der Waals surface area contributed by atoms with Gasteiger partial charge in [-0.3, -0.25) is 4.79 Å². The molecule has 1 aromatic carbocycles. The monoisotopic (exact) mass is 229 g/mol. The summed E-state index contributed by atoms with van der Waals surface area (Å²) in [6.07, 6.45) is 2.47. The minimum absolute atomic E-state index is 0.0155. The minimum atomic E-state index is -0.549. The lowest BCUT2D eigenvalue weighted by Crippen LogP contribution is -1.93. The van der Waals surface area contributed by atoms with Gasteiger partial charge in [0.05, 0.1) is 17.5 Å². The van der Waals surface area contributed by atoms with Gasteiger partial charge in [-0.25, -0.2) is 9.37 Å². The Labute approximate surface area is 96.7 Å². The van der Waals surface area contributed by atoms with E-state index in [4.69, 9.17) is 5.26 Å². The van der Waals surface area contributed by atoms with E-state index in [9.17, 15) is 9.18 Å². The number of carbonyl (C=O) groups excluding carboxylic acids is 1. The van der Waals surface area contributed by atoms with Crippen LogP contribution in [-0.4, -0.2) is 16.3 Å². The highest BCUT2D eigenvalue weighted by Crippen LogP contribution is 2.12. The normalized spacial score (nSPS) is 9.88. The number of hydrogen-bond acceptors (Lipinski definition) is 3. The molecule has 0 fully saturated rings. The number of aromatic amines is 1. The van der Waals surface area contributed by atoms with Crippen LogP contribution in [0.5, 0.6) is 0 Å². The Bertz CT molecular complexity index is 598. The molecule has 0 unspecified atom stereocenters. The summed E-state index contributed by atoms with van der Waals surface area (Å²) in [5.74, 6) is 0.0309. The molecule has 0 bridgehead atoms. The van der Waals surface area contributed by atoms with E-state index >= 15 is 0 Å². The van der Waals surface area contributed by atoms with E-state index in [1.165, 1.54) is 18.3 Å². The van der Waals surface area contributed by atoms with Gasteiger partial charge < -0.3 is 4.98 Å². The Morgan fingerprint density at radius 2 is 2.35 bits per heavy atom. The number of nitrogens with zero attached hydrogens (tertiary/aromatic N) is 2. The number of rotatable bonds is 3. The molecule has 0 aliphatic rings. The van der Waals surface area contributed by atoms with Gasteiger partial charge in [-0.1, -0.05) is 6.07 Å². The van der Waals surface area contributed by atoms with Gasteiger partial charge in [-0.2, -0.15) is 5.26 Å². The van der Waals surface area contributed by atoms with E-state index in [0.717, 1.165) is 0 Å². The van der Waals surface area contributed by atoms with E-state index in [1.807, 2.05) is 0 Å². The molecule has 0 spiro atoms. The molecule has 0 aliphatic carbocycles. The molecule has 0 saturated carbocycles. The van der Waals surface area contributed by atoms with Crippen LogP contribution in [0.4, 0.5) is 4.39 Å². The topological polar surface area (TPSA) is 69.5 Å². The maximum absolute atomic E-state index is 13.3. The average molecular weight is 229 g/mol. The Hall–Kier alpha value is -2.48. The molecule has 1 N–H and O–H groups in total. The Morgan fingerprint density at radius 3 is 2.94 bits per heavy atom. The van der Waals surface area contributed by atoms with Crippen molar-refractivity contribution in [3.8, 4) is 6.07 Å². The number of carbonyl (C=O) groups is 1. The molecule has 0 atom stereocenters. The largest absolute Gasteiger partial charge is 0.340 e. The van der Waals surface area contributed by atoms with Crippen molar-refractivity contribution < 1.29 is 9.18 Å². The van der Waals surface area contributed by atoms with Crippen molar-refractivity contribution in [2.75, 3.05) is 0 Å². The van der Waals surface area contributed by atoms with Crippen molar-refractivity contribution in [1.29, 1.82) is 5.26 Å². The van der Waals surface area contributed by atoms with Gasteiger partial charge in [0, 0.05) is 6.42 Å². The fourth-order valence-electron chi connectivity index (χ4n) is 1.48. The van der Waals surface area contributed by atoms with Crippen LogP contribution in [0, 0.1) is 17.1 Å². The fraction of sp³-hybridized carbons (Fsp3) is 0.0833. The van der Waals surface area contributed by atoms with Crippen LogP contribution in [-0.2, 0) is 6.42 Å². The van der Waals surface area contributed by atoms with Gasteiger partial charge in [-0.05, 0) is 17.7 Å². The smallest absolute Gasteiger partial charge is 0.167 e. The van der Waals surface area contributed by atoms with Crippen molar-refractivity contribution in [2.45, 2.75) is 6.42 Å². The van der Waals surface area contributed by atoms with Crippen molar-refractivity contribution in [3.63, 3.8) is 0 Å². The van der Waals surface area contributed by atoms with Gasteiger partial charge in [0.2, 0.25) is 0 Å². The molecule has 5 heteroatoms. The summed E-state index contributed by atoms with van der Waals surface area (Å²) in [5, 5.41) is 8.59. The lowest BCUT2D eigenvalue weighted by Gasteiger charge is -1.99. The Morgan fingerprint density at radius 1 is 1.53 bits per heavy atom. The van der Waals surface area contributed by atoms with Crippen LogP contribution in [0.15, 0.2) is 24.4 Å². The molecular weight excluding hydrogens is 221 g/mol. The van der Waals surface area contributed by atoms with E-state index < -0.39 is 5.82 Å². The van der Waals surface area contributed by atoms with Crippen molar-refractivity contribution in [3.05, 3.63) is 52.9 Å². The van der Waals surface area contributed by atoms with Gasteiger partial charge in [-0.15, -0.1) is 0 Å². The zero-order valence-corrected chi connectivity index (χ0v) is 8.77. The molecule has 2 rings (SSSR count). The molecule has 0 aliphatic heterocycles. The highest BCUT2D eigenvalue weighted by atomic mass is 19.1. The third kappa shape index (κ3) is 2.37. The van der Waals surface area contributed by atoms with E-state index in [1.54, 1.807) is 12.1 Å². The number of benzene rings is 1. The van der Waals surface area contributed by atoms with Crippen molar-refractivity contribution in [2.24, 2.45) is 0 Å². The van der Waals surface area contributed by atoms with E-state index in [0.29, 0.717) is 29.8 Å². The number of aldehydes is 1. The predicted molar refractivity (Wildman–Crippen MR) is 57.9 cm³/mol. The van der Waals surface area contributed by atoms with Gasteiger partial charge in [0.25, 0.3) is 0 Å². The average Bonchev–Trinajstić information content (AvgIpc) is 2.77. The highest BCUT2D eigenvalue weighted by molar-refractivity contribution is 5.71. The molecule has 4 nitrogen and oxygen atoms in total. The highest BCUT2D eigenvalue weighted by Gasteiger charge is 2.05. The lowest BCUT2D eigenvalue weighted by molar-refractivity contribution is 0.111. The van der Waals surface area contributed by atoms with Gasteiger partial charge in [0.15, 0.2) is 6.29 Å². The number of aromatic nitrogens is 2. The molecule has 1 heterocycles. The third-order valence-electron chi connectivity index (χ3n) is 2.30. The molecule has 2 aromatic rings. The SMILES string of the molecule is N#Cc1ccc(Cc2ncc(C=O)[nH]2)cc1F. The summed E-state index contributed by atoms with van der Waals surface area (Å²) in [6, 6.07) is 6.13. The summed E-state index contributed by atoms with van der Waals surface area (Å²) in [7, 11) is 0. The summed E-state index contributed by atoms with van der Waals surface area (Å²) >= 11 is 0. The number of nitrogens with one attached hydrogen (secondary N) is 1. The molecule has 84 valence electrons. The predicted octanol–water partition coefficient (Wildman–Crippen LogP) is 1.82. The molecule has 0 amide bonds. The van der Waals surface area contributed by atoms with Crippen LogP contribution >= 0.6 is 0 Å². The molecular formula is C12H8FN3O. The third-order valence-corrected chi connectivity index (χ3v) is 2.30. The first-order valence-corrected chi connectivity index (χ1v) is 4.90. The molecule has 1 aromatic heterocycles. The number of halogens is 1. The first kappa shape index (κ1) is 11.0.